The SMILES string of the molecule is COc1ccc2[nH]c3c(c2c1)CCN(C1CCc2c(ccc4ccccc24)O1)C3. The first-order valence-corrected chi connectivity index (χ1v) is 10.4. The third-order valence-corrected chi connectivity index (χ3v) is 6.52. The number of nitrogens with zero attached hydrogens (tertiary/aromatic N) is 1. The minimum atomic E-state index is 0.137. The molecule has 4 nitrogen and oxygen atoms in total. The van der Waals surface area contributed by atoms with E-state index in [1.54, 1.807) is 7.11 Å². The minimum absolute atomic E-state index is 0.137. The quantitative estimate of drug-likeness (QED) is 0.526. The topological polar surface area (TPSA) is 37.5 Å². The van der Waals surface area contributed by atoms with Crippen LogP contribution in [0.5, 0.6) is 11.5 Å². The number of aromatic amines is 1. The van der Waals surface area contributed by atoms with Crippen molar-refractivity contribution in [2.24, 2.45) is 0 Å². The molecule has 3 aromatic carbocycles. The van der Waals surface area contributed by atoms with Crippen LogP contribution < -0.4 is 9.47 Å². The van der Waals surface area contributed by atoms with Crippen LogP contribution in [0.2, 0.25) is 0 Å². The fourth-order valence-corrected chi connectivity index (χ4v) is 5.03. The number of hydrogen-bond donors (Lipinski definition) is 1. The van der Waals surface area contributed by atoms with E-state index in [4.69, 9.17) is 9.47 Å². The predicted molar refractivity (Wildman–Crippen MR) is 116 cm³/mol. The van der Waals surface area contributed by atoms with Gasteiger partial charge in [-0.3, -0.25) is 4.90 Å². The van der Waals surface area contributed by atoms with E-state index in [1.807, 2.05) is 6.07 Å². The average molecular weight is 384 g/mol. The summed E-state index contributed by atoms with van der Waals surface area (Å²) < 4.78 is 11.9. The molecule has 2 aliphatic heterocycles. The van der Waals surface area contributed by atoms with Gasteiger partial charge in [-0.2, -0.15) is 0 Å². The summed E-state index contributed by atoms with van der Waals surface area (Å²) in [5, 5.41) is 3.92. The van der Waals surface area contributed by atoms with E-state index in [0.29, 0.717) is 0 Å². The predicted octanol–water partition coefficient (Wildman–Crippen LogP) is 5.04. The fraction of sp³-hybridized carbons (Fsp3) is 0.280. The molecule has 1 N–H and O–H groups in total. The zero-order chi connectivity index (χ0) is 19.4. The van der Waals surface area contributed by atoms with Crippen LogP contribution in [0.15, 0.2) is 54.6 Å². The van der Waals surface area contributed by atoms with E-state index in [1.165, 1.54) is 38.5 Å². The summed E-state index contributed by atoms with van der Waals surface area (Å²) in [6.07, 6.45) is 3.27. The molecule has 0 saturated heterocycles. The highest BCUT2D eigenvalue weighted by molar-refractivity contribution is 5.88. The van der Waals surface area contributed by atoms with Crippen LogP contribution in [0.25, 0.3) is 21.7 Å². The lowest BCUT2D eigenvalue weighted by Gasteiger charge is -2.37. The van der Waals surface area contributed by atoms with E-state index < -0.39 is 0 Å². The van der Waals surface area contributed by atoms with Gasteiger partial charge < -0.3 is 14.5 Å². The summed E-state index contributed by atoms with van der Waals surface area (Å²) >= 11 is 0. The Bertz CT molecular complexity index is 1230. The molecule has 0 spiro atoms. The van der Waals surface area contributed by atoms with E-state index in [-0.39, 0.29) is 6.23 Å². The maximum Gasteiger partial charge on any atom is 0.153 e. The first-order chi connectivity index (χ1) is 14.3. The van der Waals surface area contributed by atoms with Gasteiger partial charge in [-0.1, -0.05) is 30.3 Å². The highest BCUT2D eigenvalue weighted by Gasteiger charge is 2.30. The van der Waals surface area contributed by atoms with E-state index in [2.05, 4.69) is 58.4 Å². The van der Waals surface area contributed by atoms with Crippen LogP contribution in [0, 0.1) is 0 Å². The van der Waals surface area contributed by atoms with Crippen molar-refractivity contribution in [3.63, 3.8) is 0 Å². The molecule has 2 aliphatic rings. The standard InChI is InChI=1S/C25H24N2O2/c1-28-17-7-9-22-21(14-17)19-12-13-27(15-23(19)26-22)25-11-8-20-18-5-3-2-4-16(18)6-10-24(20)29-25/h2-7,9-10,14,25-26H,8,11-13,15H2,1H3. The maximum absolute atomic E-state index is 6.50. The molecule has 0 aliphatic carbocycles. The van der Waals surface area contributed by atoms with Crippen LogP contribution in [-0.2, 0) is 19.4 Å². The van der Waals surface area contributed by atoms with Crippen molar-refractivity contribution >= 4 is 21.7 Å². The molecule has 0 radical (unpaired) electrons. The molecule has 4 aromatic rings. The van der Waals surface area contributed by atoms with Crippen molar-refractivity contribution in [3.05, 3.63) is 71.4 Å². The summed E-state index contributed by atoms with van der Waals surface area (Å²) in [6, 6.07) is 19.2. The van der Waals surface area contributed by atoms with Gasteiger partial charge in [-0.05, 0) is 53.4 Å². The lowest BCUT2D eigenvalue weighted by Crippen LogP contribution is -2.44. The van der Waals surface area contributed by atoms with E-state index in [9.17, 15) is 0 Å². The summed E-state index contributed by atoms with van der Waals surface area (Å²) in [5.41, 5.74) is 5.29. The zero-order valence-electron chi connectivity index (χ0n) is 16.6. The number of aromatic nitrogens is 1. The van der Waals surface area contributed by atoms with Crippen LogP contribution in [0.4, 0.5) is 0 Å². The van der Waals surface area contributed by atoms with Crippen molar-refractivity contribution in [1.29, 1.82) is 0 Å². The molecule has 4 heteroatoms. The Morgan fingerprint density at radius 1 is 1.00 bits per heavy atom. The number of nitrogens with one attached hydrogen (secondary N) is 1. The lowest BCUT2D eigenvalue weighted by molar-refractivity contribution is 0.000113. The van der Waals surface area contributed by atoms with Gasteiger partial charge in [-0.15, -0.1) is 0 Å². The molecule has 3 heterocycles. The summed E-state index contributed by atoms with van der Waals surface area (Å²) in [5.74, 6) is 1.97. The Labute approximate surface area is 170 Å². The molecule has 29 heavy (non-hydrogen) atoms. The Balaban J connectivity index is 1.28. The summed E-state index contributed by atoms with van der Waals surface area (Å²) in [6.45, 7) is 1.92. The zero-order valence-corrected chi connectivity index (χ0v) is 16.6. The molecule has 0 amide bonds. The number of methoxy groups -OCH3 is 1. The molecule has 0 saturated carbocycles. The van der Waals surface area contributed by atoms with Crippen LogP contribution >= 0.6 is 0 Å². The number of rotatable bonds is 2. The lowest BCUT2D eigenvalue weighted by atomic mass is 9.96. The van der Waals surface area contributed by atoms with Crippen molar-refractivity contribution in [1.82, 2.24) is 9.88 Å². The number of fused-ring (bicyclic) bond motifs is 6. The first kappa shape index (κ1) is 16.9. The van der Waals surface area contributed by atoms with Gasteiger partial charge in [0.25, 0.3) is 0 Å². The molecule has 0 fully saturated rings. The highest BCUT2D eigenvalue weighted by Crippen LogP contribution is 2.37. The molecular weight excluding hydrogens is 360 g/mol. The van der Waals surface area contributed by atoms with Gasteiger partial charge in [0.1, 0.15) is 11.5 Å². The van der Waals surface area contributed by atoms with Crippen LogP contribution in [-0.4, -0.2) is 29.8 Å². The number of aryl methyl sites for hydroxylation is 1. The number of benzene rings is 3. The van der Waals surface area contributed by atoms with Crippen LogP contribution in [0.3, 0.4) is 0 Å². The largest absolute Gasteiger partial charge is 0.497 e. The molecule has 6 rings (SSSR count). The van der Waals surface area contributed by atoms with E-state index in [0.717, 1.165) is 43.9 Å². The van der Waals surface area contributed by atoms with Gasteiger partial charge >= 0.3 is 0 Å². The Morgan fingerprint density at radius 2 is 1.93 bits per heavy atom. The second-order valence-electron chi connectivity index (χ2n) is 8.09. The number of hydrogen-bond acceptors (Lipinski definition) is 3. The monoisotopic (exact) mass is 384 g/mol. The first-order valence-electron chi connectivity index (χ1n) is 10.4. The van der Waals surface area contributed by atoms with Gasteiger partial charge in [-0.25, -0.2) is 0 Å². The molecule has 1 atom stereocenters. The second kappa shape index (κ2) is 6.53. The van der Waals surface area contributed by atoms with Gasteiger partial charge in [0, 0.05) is 41.7 Å². The number of H-pyrrole nitrogens is 1. The van der Waals surface area contributed by atoms with Crippen molar-refractivity contribution in [3.8, 4) is 11.5 Å². The summed E-state index contributed by atoms with van der Waals surface area (Å²) in [7, 11) is 1.73. The van der Waals surface area contributed by atoms with Gasteiger partial charge in [0.05, 0.1) is 7.11 Å². The maximum atomic E-state index is 6.50. The average Bonchev–Trinajstić information content (AvgIpc) is 3.15. The Morgan fingerprint density at radius 3 is 2.86 bits per heavy atom. The fourth-order valence-electron chi connectivity index (χ4n) is 5.03. The minimum Gasteiger partial charge on any atom is -0.497 e. The molecular formula is C25H24N2O2. The molecule has 0 bridgehead atoms. The van der Waals surface area contributed by atoms with Crippen molar-refractivity contribution in [2.75, 3.05) is 13.7 Å². The molecule has 1 aromatic heterocycles. The Hall–Kier alpha value is -2.98. The third kappa shape index (κ3) is 2.70. The highest BCUT2D eigenvalue weighted by atomic mass is 16.5. The van der Waals surface area contributed by atoms with Crippen molar-refractivity contribution < 1.29 is 9.47 Å². The summed E-state index contributed by atoms with van der Waals surface area (Å²) in [4.78, 5) is 6.11. The van der Waals surface area contributed by atoms with Crippen LogP contribution in [0.1, 0.15) is 23.2 Å². The normalized spacial score (nSPS) is 19.0. The van der Waals surface area contributed by atoms with Gasteiger partial charge in [0.2, 0.25) is 0 Å². The third-order valence-electron chi connectivity index (χ3n) is 6.52. The van der Waals surface area contributed by atoms with Crippen molar-refractivity contribution in [2.45, 2.75) is 32.0 Å². The Kier molecular flexibility index (Phi) is 3.81. The second-order valence-corrected chi connectivity index (χ2v) is 8.09. The molecule has 146 valence electrons. The smallest absolute Gasteiger partial charge is 0.153 e. The van der Waals surface area contributed by atoms with Gasteiger partial charge in [0.15, 0.2) is 6.23 Å². The number of ether oxygens (including phenoxy) is 2. The van der Waals surface area contributed by atoms with E-state index >= 15 is 0 Å². The molecule has 1 unspecified atom stereocenters.